The molecule has 12 heteroatoms. The minimum absolute atomic E-state index is 0.0937. The minimum Gasteiger partial charge on any atom is -0.486 e. The predicted molar refractivity (Wildman–Crippen MR) is 126 cm³/mol. The Balaban J connectivity index is 1.38. The average molecular weight is 480 g/mol. The highest BCUT2D eigenvalue weighted by atomic mass is 32.2. The van der Waals surface area contributed by atoms with Gasteiger partial charge in [-0.05, 0) is 30.2 Å². The SMILES string of the molecule is Nc1nc(NC2Cc3ccccc3N(S(=O)(=O)c3ccc4c(c3)OCCO4)C2)c2cn[nH]c2n1. The van der Waals surface area contributed by atoms with Crippen molar-refractivity contribution in [2.45, 2.75) is 17.4 Å². The first-order chi connectivity index (χ1) is 16.5. The maximum Gasteiger partial charge on any atom is 0.264 e. The van der Waals surface area contributed by atoms with Gasteiger partial charge in [0.05, 0.1) is 34.8 Å². The lowest BCUT2D eigenvalue weighted by molar-refractivity contribution is 0.171. The molecule has 1 unspecified atom stereocenters. The molecule has 0 fully saturated rings. The van der Waals surface area contributed by atoms with Gasteiger partial charge in [0.25, 0.3) is 10.0 Å². The summed E-state index contributed by atoms with van der Waals surface area (Å²) in [6.07, 6.45) is 2.21. The third kappa shape index (κ3) is 3.43. The number of nitrogen functional groups attached to an aromatic ring is 1. The van der Waals surface area contributed by atoms with Gasteiger partial charge in [-0.15, -0.1) is 0 Å². The highest BCUT2D eigenvalue weighted by Crippen LogP contribution is 2.37. The molecule has 4 N–H and O–H groups in total. The number of para-hydroxylation sites is 1. The zero-order valence-electron chi connectivity index (χ0n) is 17.9. The molecule has 2 aromatic carbocycles. The van der Waals surface area contributed by atoms with E-state index in [1.807, 2.05) is 24.3 Å². The first-order valence-electron chi connectivity index (χ1n) is 10.7. The van der Waals surface area contributed by atoms with Crippen LogP contribution in [-0.2, 0) is 16.4 Å². The Morgan fingerprint density at radius 2 is 1.91 bits per heavy atom. The van der Waals surface area contributed by atoms with Gasteiger partial charge in [0, 0.05) is 6.07 Å². The Bertz CT molecular complexity index is 1500. The van der Waals surface area contributed by atoms with Crippen molar-refractivity contribution < 1.29 is 17.9 Å². The number of anilines is 3. The third-order valence-corrected chi connectivity index (χ3v) is 7.66. The van der Waals surface area contributed by atoms with Gasteiger partial charge >= 0.3 is 0 Å². The fourth-order valence-electron chi connectivity index (χ4n) is 4.35. The number of aromatic amines is 1. The van der Waals surface area contributed by atoms with Crippen molar-refractivity contribution in [1.82, 2.24) is 20.2 Å². The first-order valence-corrected chi connectivity index (χ1v) is 12.2. The van der Waals surface area contributed by atoms with E-state index in [-0.39, 0.29) is 23.4 Å². The van der Waals surface area contributed by atoms with Gasteiger partial charge in [0.15, 0.2) is 17.1 Å². The van der Waals surface area contributed by atoms with Crippen LogP contribution >= 0.6 is 0 Å². The smallest absolute Gasteiger partial charge is 0.264 e. The van der Waals surface area contributed by atoms with E-state index in [4.69, 9.17) is 15.2 Å². The van der Waals surface area contributed by atoms with Crippen LogP contribution in [0.4, 0.5) is 17.5 Å². The summed E-state index contributed by atoms with van der Waals surface area (Å²) in [4.78, 5) is 8.58. The van der Waals surface area contributed by atoms with E-state index in [9.17, 15) is 8.42 Å². The maximum atomic E-state index is 13.8. The van der Waals surface area contributed by atoms with Crippen LogP contribution in [0.25, 0.3) is 11.0 Å². The Kier molecular flexibility index (Phi) is 4.69. The molecule has 4 heterocycles. The number of rotatable bonds is 4. The summed E-state index contributed by atoms with van der Waals surface area (Å²) < 4.78 is 40.2. The van der Waals surface area contributed by atoms with E-state index in [1.54, 1.807) is 18.3 Å². The fourth-order valence-corrected chi connectivity index (χ4v) is 5.91. The molecule has 1 atom stereocenters. The molecule has 0 radical (unpaired) electrons. The monoisotopic (exact) mass is 479 g/mol. The van der Waals surface area contributed by atoms with Gasteiger partial charge in [0.1, 0.15) is 19.0 Å². The normalized spacial score (nSPS) is 17.4. The molecule has 4 aromatic rings. The van der Waals surface area contributed by atoms with Crippen LogP contribution in [0.15, 0.2) is 53.6 Å². The molecule has 0 amide bonds. The van der Waals surface area contributed by atoms with Crippen molar-refractivity contribution >= 4 is 38.5 Å². The van der Waals surface area contributed by atoms with Gasteiger partial charge in [-0.2, -0.15) is 15.1 Å². The van der Waals surface area contributed by atoms with Gasteiger partial charge in [-0.25, -0.2) is 8.42 Å². The lowest BCUT2D eigenvalue weighted by Crippen LogP contribution is -2.45. The molecule has 0 bridgehead atoms. The second-order valence-corrected chi connectivity index (χ2v) is 9.94. The van der Waals surface area contributed by atoms with E-state index >= 15 is 0 Å². The van der Waals surface area contributed by atoms with Crippen LogP contribution in [-0.4, -0.2) is 54.4 Å². The van der Waals surface area contributed by atoms with E-state index < -0.39 is 10.0 Å². The summed E-state index contributed by atoms with van der Waals surface area (Å²) in [5, 5.41) is 10.8. The van der Waals surface area contributed by atoms with Crippen molar-refractivity contribution in [2.75, 3.05) is 35.1 Å². The quantitative estimate of drug-likeness (QED) is 0.399. The Labute approximate surface area is 195 Å². The number of fused-ring (bicyclic) bond motifs is 3. The van der Waals surface area contributed by atoms with Gasteiger partial charge in [-0.3, -0.25) is 9.40 Å². The lowest BCUT2D eigenvalue weighted by Gasteiger charge is -2.36. The minimum atomic E-state index is -3.89. The zero-order chi connectivity index (χ0) is 23.3. The molecule has 2 aliphatic rings. The van der Waals surface area contributed by atoms with E-state index in [2.05, 4.69) is 25.5 Å². The summed E-state index contributed by atoms with van der Waals surface area (Å²) in [5.41, 5.74) is 7.91. The highest BCUT2D eigenvalue weighted by Gasteiger charge is 2.34. The zero-order valence-corrected chi connectivity index (χ0v) is 18.7. The van der Waals surface area contributed by atoms with Crippen molar-refractivity contribution in [3.8, 4) is 11.5 Å². The van der Waals surface area contributed by atoms with Crippen LogP contribution in [0.5, 0.6) is 11.5 Å². The summed E-state index contributed by atoms with van der Waals surface area (Å²) >= 11 is 0. The molecular weight excluding hydrogens is 458 g/mol. The third-order valence-electron chi connectivity index (χ3n) is 5.88. The summed E-state index contributed by atoms with van der Waals surface area (Å²) in [7, 11) is -3.89. The van der Waals surface area contributed by atoms with Crippen molar-refractivity contribution in [2.24, 2.45) is 0 Å². The molecule has 6 rings (SSSR count). The number of ether oxygens (including phenoxy) is 2. The van der Waals surface area contributed by atoms with Crippen LogP contribution in [0.2, 0.25) is 0 Å². The molecule has 34 heavy (non-hydrogen) atoms. The Hall–Kier alpha value is -4.06. The maximum absolute atomic E-state index is 13.8. The van der Waals surface area contributed by atoms with Gasteiger partial charge in [0.2, 0.25) is 5.95 Å². The van der Waals surface area contributed by atoms with E-state index in [1.165, 1.54) is 10.4 Å². The molecule has 11 nitrogen and oxygen atoms in total. The van der Waals surface area contributed by atoms with E-state index in [0.29, 0.717) is 53.7 Å². The number of aromatic nitrogens is 4. The van der Waals surface area contributed by atoms with Crippen molar-refractivity contribution in [1.29, 1.82) is 0 Å². The fraction of sp³-hybridized carbons (Fsp3) is 0.227. The van der Waals surface area contributed by atoms with Crippen LogP contribution < -0.4 is 24.8 Å². The molecule has 2 aliphatic heterocycles. The molecule has 0 saturated carbocycles. The second kappa shape index (κ2) is 7.76. The average Bonchev–Trinajstić information content (AvgIpc) is 3.32. The molecule has 0 saturated heterocycles. The molecular formula is C22H21N7O4S. The Morgan fingerprint density at radius 1 is 1.09 bits per heavy atom. The number of sulfonamides is 1. The number of hydrogen-bond acceptors (Lipinski definition) is 9. The topological polar surface area (TPSA) is 148 Å². The lowest BCUT2D eigenvalue weighted by atomic mass is 9.99. The standard InChI is InChI=1S/C22H21N7O4S/c23-22-26-20(16-11-24-28-21(16)27-22)25-14-9-13-3-1-2-4-17(13)29(12-14)34(30,31)15-5-6-18-19(10-15)33-8-7-32-18/h1-6,10-11,14H,7-9,12H2,(H4,23,24,25,26,27,28). The van der Waals surface area contributed by atoms with Crippen molar-refractivity contribution in [3.63, 3.8) is 0 Å². The van der Waals surface area contributed by atoms with Gasteiger partial charge in [-0.1, -0.05) is 18.2 Å². The number of nitrogens with one attached hydrogen (secondary N) is 2. The van der Waals surface area contributed by atoms with Crippen molar-refractivity contribution in [3.05, 3.63) is 54.2 Å². The number of H-pyrrole nitrogens is 1. The first kappa shape index (κ1) is 20.5. The highest BCUT2D eigenvalue weighted by molar-refractivity contribution is 7.92. The Morgan fingerprint density at radius 3 is 2.79 bits per heavy atom. The second-order valence-electron chi connectivity index (χ2n) is 8.08. The molecule has 0 spiro atoms. The molecule has 0 aliphatic carbocycles. The molecule has 174 valence electrons. The van der Waals surface area contributed by atoms with Crippen LogP contribution in [0.1, 0.15) is 5.56 Å². The van der Waals surface area contributed by atoms with E-state index in [0.717, 1.165) is 5.56 Å². The van der Waals surface area contributed by atoms with Crippen LogP contribution in [0, 0.1) is 0 Å². The summed E-state index contributed by atoms with van der Waals surface area (Å²) in [6, 6.07) is 11.9. The van der Waals surface area contributed by atoms with Crippen LogP contribution in [0.3, 0.4) is 0 Å². The predicted octanol–water partition coefficient (Wildman–Crippen LogP) is 1.94. The number of hydrogen-bond donors (Lipinski definition) is 3. The summed E-state index contributed by atoms with van der Waals surface area (Å²) in [6.45, 7) is 1.00. The van der Waals surface area contributed by atoms with Gasteiger partial charge < -0.3 is 20.5 Å². The number of benzene rings is 2. The number of nitrogens with two attached hydrogens (primary N) is 1. The summed E-state index contributed by atoms with van der Waals surface area (Å²) in [5.74, 6) is 1.55. The largest absolute Gasteiger partial charge is 0.486 e. The molecule has 2 aromatic heterocycles. The number of nitrogens with zero attached hydrogens (tertiary/aromatic N) is 4.